The summed E-state index contributed by atoms with van der Waals surface area (Å²) in [5.74, 6) is 0.598. The maximum Gasteiger partial charge on any atom is 0.411 e. The molecule has 1 amide bonds. The summed E-state index contributed by atoms with van der Waals surface area (Å²) < 4.78 is 55.1. The second-order valence-electron chi connectivity index (χ2n) is 10.1. The fraction of sp³-hybridized carbons (Fsp3) is 0.500. The van der Waals surface area contributed by atoms with E-state index in [2.05, 4.69) is 20.6 Å². The number of ether oxygens (including phenoxy) is 2. The first-order chi connectivity index (χ1) is 17.5. The zero-order chi connectivity index (χ0) is 26.9. The third-order valence-electron chi connectivity index (χ3n) is 6.15. The van der Waals surface area contributed by atoms with Crippen molar-refractivity contribution >= 4 is 29.1 Å². The summed E-state index contributed by atoms with van der Waals surface area (Å²) >= 11 is 0. The molecule has 37 heavy (non-hydrogen) atoms. The van der Waals surface area contributed by atoms with Crippen LogP contribution in [0.15, 0.2) is 18.2 Å². The molecule has 0 fully saturated rings. The maximum atomic E-state index is 16.0. The number of nitrogens with zero attached hydrogens (tertiary/aromatic N) is 3. The molecule has 200 valence electrons. The SMILES string of the molecule is CNc1cc(C)nc(Nc2cc3c(c(C4=CCN(C(=O)OC(C)(C)C)C(C(F)F)CC4)c2F)OCC3)n1. The number of hydrogen-bond acceptors (Lipinski definition) is 7. The second kappa shape index (κ2) is 10.5. The molecule has 0 saturated carbocycles. The van der Waals surface area contributed by atoms with Gasteiger partial charge in [0.25, 0.3) is 6.43 Å². The molecule has 3 heterocycles. The Labute approximate surface area is 214 Å². The lowest BCUT2D eigenvalue weighted by Gasteiger charge is -2.31. The summed E-state index contributed by atoms with van der Waals surface area (Å²) in [6.45, 7) is 7.07. The summed E-state index contributed by atoms with van der Waals surface area (Å²) in [6, 6.07) is 2.07. The van der Waals surface area contributed by atoms with E-state index >= 15 is 4.39 Å². The lowest BCUT2D eigenvalue weighted by molar-refractivity contribution is -0.0121. The number of aromatic nitrogens is 2. The van der Waals surface area contributed by atoms with Gasteiger partial charge in [-0.2, -0.15) is 4.98 Å². The van der Waals surface area contributed by atoms with Crippen molar-refractivity contribution in [2.45, 2.75) is 65.0 Å². The van der Waals surface area contributed by atoms with Gasteiger partial charge in [-0.05, 0) is 52.2 Å². The van der Waals surface area contributed by atoms with Crippen molar-refractivity contribution in [1.29, 1.82) is 0 Å². The highest BCUT2D eigenvalue weighted by Gasteiger charge is 2.36. The van der Waals surface area contributed by atoms with Gasteiger partial charge in [-0.3, -0.25) is 4.90 Å². The summed E-state index contributed by atoms with van der Waals surface area (Å²) in [4.78, 5) is 22.4. The van der Waals surface area contributed by atoms with Crippen LogP contribution in [0.3, 0.4) is 0 Å². The van der Waals surface area contributed by atoms with Gasteiger partial charge in [0.2, 0.25) is 5.95 Å². The highest BCUT2D eigenvalue weighted by Crippen LogP contribution is 2.43. The molecule has 0 spiro atoms. The molecule has 11 heteroatoms. The third kappa shape index (κ3) is 5.91. The zero-order valence-corrected chi connectivity index (χ0v) is 21.6. The number of hydrogen-bond donors (Lipinski definition) is 2. The van der Waals surface area contributed by atoms with Gasteiger partial charge >= 0.3 is 6.09 Å². The van der Waals surface area contributed by atoms with Gasteiger partial charge in [-0.1, -0.05) is 6.08 Å². The summed E-state index contributed by atoms with van der Waals surface area (Å²) in [5.41, 5.74) is 1.51. The van der Waals surface area contributed by atoms with Crippen molar-refractivity contribution in [2.24, 2.45) is 0 Å². The lowest BCUT2D eigenvalue weighted by Crippen LogP contribution is -2.46. The van der Waals surface area contributed by atoms with Crippen molar-refractivity contribution < 1.29 is 27.4 Å². The number of aryl methyl sites for hydroxylation is 1. The van der Waals surface area contributed by atoms with Crippen LogP contribution in [-0.4, -0.2) is 59.2 Å². The van der Waals surface area contributed by atoms with Crippen molar-refractivity contribution in [2.75, 3.05) is 30.8 Å². The molecule has 0 saturated heterocycles. The standard InChI is InChI=1S/C26H32F3N5O3/c1-14-12-19(30-5)33-24(31-14)32-17-13-16-9-11-36-22(16)20(21(17)27)15-6-7-18(23(28)29)34(10-8-15)25(35)37-26(2,3)4/h8,12-13,18,23H,6-7,9-11H2,1-5H3,(H2,30,31,32,33). The fourth-order valence-electron chi connectivity index (χ4n) is 4.49. The number of rotatable bonds is 5. The molecule has 1 aromatic carbocycles. The van der Waals surface area contributed by atoms with E-state index < -0.39 is 30.0 Å². The molecular weight excluding hydrogens is 487 g/mol. The van der Waals surface area contributed by atoms with Crippen LogP contribution in [0.2, 0.25) is 0 Å². The Morgan fingerprint density at radius 2 is 2.00 bits per heavy atom. The zero-order valence-electron chi connectivity index (χ0n) is 21.6. The van der Waals surface area contributed by atoms with Crippen LogP contribution in [-0.2, 0) is 11.2 Å². The fourth-order valence-corrected chi connectivity index (χ4v) is 4.49. The van der Waals surface area contributed by atoms with E-state index in [1.54, 1.807) is 53.0 Å². The van der Waals surface area contributed by atoms with Crippen molar-refractivity contribution in [3.05, 3.63) is 40.8 Å². The molecule has 2 aromatic rings. The molecule has 0 radical (unpaired) electrons. The summed E-state index contributed by atoms with van der Waals surface area (Å²) in [5, 5.41) is 5.91. The van der Waals surface area contributed by atoms with E-state index in [0.717, 1.165) is 10.5 Å². The van der Waals surface area contributed by atoms with Gasteiger partial charge < -0.3 is 20.1 Å². The highest BCUT2D eigenvalue weighted by atomic mass is 19.3. The molecule has 2 aliphatic rings. The Kier molecular flexibility index (Phi) is 7.52. The minimum Gasteiger partial charge on any atom is -0.492 e. The number of carbonyl (C=O) groups excluding carboxylic acids is 1. The molecule has 1 atom stereocenters. The molecule has 4 rings (SSSR count). The van der Waals surface area contributed by atoms with E-state index in [4.69, 9.17) is 9.47 Å². The van der Waals surface area contributed by atoms with Crippen LogP contribution in [0, 0.1) is 12.7 Å². The van der Waals surface area contributed by atoms with Gasteiger partial charge in [0.1, 0.15) is 17.2 Å². The largest absolute Gasteiger partial charge is 0.492 e. The van der Waals surface area contributed by atoms with Crippen molar-refractivity contribution in [3.8, 4) is 5.75 Å². The van der Waals surface area contributed by atoms with E-state index in [1.165, 1.54) is 0 Å². The molecule has 1 unspecified atom stereocenters. The van der Waals surface area contributed by atoms with Crippen molar-refractivity contribution in [1.82, 2.24) is 14.9 Å². The third-order valence-corrected chi connectivity index (χ3v) is 6.15. The molecule has 8 nitrogen and oxygen atoms in total. The molecule has 2 aliphatic heterocycles. The first-order valence-electron chi connectivity index (χ1n) is 12.2. The number of fused-ring (bicyclic) bond motifs is 1. The van der Waals surface area contributed by atoms with Crippen LogP contribution in [0.25, 0.3) is 5.57 Å². The highest BCUT2D eigenvalue weighted by molar-refractivity contribution is 5.79. The smallest absolute Gasteiger partial charge is 0.411 e. The van der Waals surface area contributed by atoms with E-state index in [-0.39, 0.29) is 36.6 Å². The number of amides is 1. The van der Waals surface area contributed by atoms with Crippen LogP contribution < -0.4 is 15.4 Å². The number of nitrogens with one attached hydrogen (secondary N) is 2. The normalized spacial score (nSPS) is 17.6. The maximum absolute atomic E-state index is 16.0. The van der Waals surface area contributed by atoms with Gasteiger partial charge in [-0.15, -0.1) is 0 Å². The quantitative estimate of drug-likeness (QED) is 0.525. The average Bonchev–Trinajstić information content (AvgIpc) is 3.14. The van der Waals surface area contributed by atoms with Gasteiger partial charge in [0.15, 0.2) is 5.82 Å². The molecule has 0 bridgehead atoms. The van der Waals surface area contributed by atoms with Gasteiger partial charge in [0, 0.05) is 37.3 Å². The first kappa shape index (κ1) is 26.6. The molecule has 0 aliphatic carbocycles. The van der Waals surface area contributed by atoms with Crippen LogP contribution in [0.5, 0.6) is 5.75 Å². The lowest BCUT2D eigenvalue weighted by atomic mass is 9.95. The Morgan fingerprint density at radius 3 is 2.68 bits per heavy atom. The minimum atomic E-state index is -2.78. The number of halogens is 3. The van der Waals surface area contributed by atoms with Crippen LogP contribution in [0.1, 0.15) is 50.4 Å². The number of benzene rings is 1. The van der Waals surface area contributed by atoms with Crippen LogP contribution >= 0.6 is 0 Å². The monoisotopic (exact) mass is 519 g/mol. The van der Waals surface area contributed by atoms with Crippen LogP contribution in [0.4, 0.5) is 35.4 Å². The Morgan fingerprint density at radius 1 is 1.24 bits per heavy atom. The Balaban J connectivity index is 1.71. The first-order valence-corrected chi connectivity index (χ1v) is 12.2. The predicted octanol–water partition coefficient (Wildman–Crippen LogP) is 5.69. The van der Waals surface area contributed by atoms with Gasteiger partial charge in [-0.25, -0.2) is 22.9 Å². The molecule has 2 N–H and O–H groups in total. The summed E-state index contributed by atoms with van der Waals surface area (Å²) in [6.07, 6.45) is -1.34. The second-order valence-corrected chi connectivity index (χ2v) is 10.1. The Hall–Kier alpha value is -3.50. The molecule has 1 aromatic heterocycles. The number of alkyl halides is 2. The average molecular weight is 520 g/mol. The minimum absolute atomic E-state index is 0.0544. The van der Waals surface area contributed by atoms with Crippen molar-refractivity contribution in [3.63, 3.8) is 0 Å². The van der Waals surface area contributed by atoms with Gasteiger partial charge in [0.05, 0.1) is 23.9 Å². The Bertz CT molecular complexity index is 1210. The number of carbonyl (C=O) groups is 1. The summed E-state index contributed by atoms with van der Waals surface area (Å²) in [7, 11) is 1.72. The van der Waals surface area contributed by atoms with E-state index in [0.29, 0.717) is 35.9 Å². The molecular formula is C26H32F3N5O3. The topological polar surface area (TPSA) is 88.6 Å². The van der Waals surface area contributed by atoms with E-state index in [1.807, 2.05) is 0 Å². The van der Waals surface area contributed by atoms with E-state index in [9.17, 15) is 13.6 Å². The number of allylic oxidation sites excluding steroid dienone is 1. The predicted molar refractivity (Wildman–Crippen MR) is 135 cm³/mol. The number of anilines is 3.